The Kier molecular flexibility index (Phi) is 10.9. The van der Waals surface area contributed by atoms with Crippen molar-refractivity contribution in [3.8, 4) is 16.2 Å². The first-order valence-corrected chi connectivity index (χ1v) is 21.3. The Morgan fingerprint density at radius 1 is 0.712 bits per heavy atom. The third-order valence-electron chi connectivity index (χ3n) is 10.1. The molecule has 3 heteroatoms. The molecule has 1 saturated carbocycles. The average Bonchev–Trinajstić information content (AvgIpc) is 3.78. The quantitative estimate of drug-likeness (QED) is 0.111. The Balaban J connectivity index is 1.53. The van der Waals surface area contributed by atoms with E-state index < -0.39 is 7.26 Å². The molecule has 257 valence electrons. The van der Waals surface area contributed by atoms with Crippen molar-refractivity contribution in [1.82, 2.24) is 4.57 Å². The van der Waals surface area contributed by atoms with E-state index in [1.165, 1.54) is 66.2 Å². The fourth-order valence-electron chi connectivity index (χ4n) is 7.83. The number of allylic oxidation sites excluding steroid dienone is 7. The van der Waals surface area contributed by atoms with Gasteiger partial charge in [-0.15, -0.1) is 0 Å². The molecule has 1 fully saturated rings. The van der Waals surface area contributed by atoms with Gasteiger partial charge in [0.15, 0.2) is 0 Å². The minimum absolute atomic E-state index is 0.302. The van der Waals surface area contributed by atoms with Crippen LogP contribution in [0.5, 0.6) is 0 Å². The zero-order chi connectivity index (χ0) is 36.1. The van der Waals surface area contributed by atoms with E-state index in [4.69, 9.17) is 0 Å². The molecule has 7 rings (SSSR count). The van der Waals surface area contributed by atoms with Crippen LogP contribution < -0.4 is 15.9 Å². The average molecular weight is 868 g/mol. The monoisotopic (exact) mass is 869 g/mol. The van der Waals surface area contributed by atoms with Gasteiger partial charge in [-0.05, 0) is 6.92 Å². The van der Waals surface area contributed by atoms with Gasteiger partial charge in [-0.2, -0.15) is 0 Å². The minimum atomic E-state index is -2.42. The molecule has 52 heavy (non-hydrogen) atoms. The summed E-state index contributed by atoms with van der Waals surface area (Å²) in [6, 6.07) is 47.1. The molecule has 0 unspecified atom stereocenters. The summed E-state index contributed by atoms with van der Waals surface area (Å²) in [6.07, 6.45) is 12.3. The maximum atomic E-state index is 3.85. The molecule has 1 heterocycles. The Morgan fingerprint density at radius 3 is 1.81 bits per heavy atom. The van der Waals surface area contributed by atoms with E-state index in [0.717, 1.165) is 24.0 Å². The molecule has 0 bridgehead atoms. The summed E-state index contributed by atoms with van der Waals surface area (Å²) < 4.78 is 6.32. The van der Waals surface area contributed by atoms with Gasteiger partial charge in [0, 0.05) is 0 Å². The number of hydrogen-bond acceptors (Lipinski definition) is 0. The first kappa shape index (κ1) is 35.7. The van der Waals surface area contributed by atoms with Crippen molar-refractivity contribution < 1.29 is 17.9 Å². The third-order valence-corrected chi connectivity index (χ3v) is 15.5. The van der Waals surface area contributed by atoms with Crippen LogP contribution in [0.1, 0.15) is 64.1 Å². The van der Waals surface area contributed by atoms with Crippen molar-refractivity contribution in [2.45, 2.75) is 53.0 Å². The second-order valence-corrected chi connectivity index (χ2v) is 17.6. The van der Waals surface area contributed by atoms with Crippen LogP contribution >= 0.6 is 7.26 Å². The molecule has 1 nitrogen and oxygen atoms in total. The molecule has 1 aliphatic rings. The molecule has 0 aliphatic heterocycles. The Hall–Kier alpha value is -4.73. The van der Waals surface area contributed by atoms with Gasteiger partial charge in [-0.25, -0.2) is 0 Å². The van der Waals surface area contributed by atoms with Gasteiger partial charge in [0.05, 0.1) is 0 Å². The van der Waals surface area contributed by atoms with E-state index in [1.807, 2.05) is 17.9 Å². The summed E-state index contributed by atoms with van der Waals surface area (Å²) in [5.41, 5.74) is 8.59. The summed E-state index contributed by atoms with van der Waals surface area (Å²) >= 11 is 1.82. The van der Waals surface area contributed by atoms with Crippen LogP contribution in [0.2, 0.25) is 0 Å². The molecule has 1 aliphatic carbocycles. The molecule has 0 amide bonds. The normalized spacial score (nSPS) is 15.4. The van der Waals surface area contributed by atoms with Crippen molar-refractivity contribution in [3.63, 3.8) is 0 Å². The zero-order valence-corrected chi connectivity index (χ0v) is 33.8. The van der Waals surface area contributed by atoms with Gasteiger partial charge in [-0.3, -0.25) is 0 Å². The van der Waals surface area contributed by atoms with Crippen molar-refractivity contribution >= 4 is 51.1 Å². The maximum absolute atomic E-state index is 3.85. The van der Waals surface area contributed by atoms with E-state index in [-0.39, 0.29) is 0 Å². The fraction of sp³-hybridized carbons (Fsp3) is 0.163. The van der Waals surface area contributed by atoms with Crippen LogP contribution in [0.3, 0.4) is 0 Å². The SMILES string of the molecule is CC=C1CCCC1=CC(C#Cc1ccc2c3ccc(/C=C/C)cc3n(C(C)C)c2c1)=C([C]#[Os])[P+](c1ccccc1)(c1ccccc1)c1ccccc1. The molecule has 1 aromatic heterocycles. The van der Waals surface area contributed by atoms with Crippen LogP contribution in [0, 0.1) is 16.2 Å². The van der Waals surface area contributed by atoms with E-state index >= 15 is 0 Å². The van der Waals surface area contributed by atoms with Crippen molar-refractivity contribution in [2.75, 3.05) is 0 Å². The van der Waals surface area contributed by atoms with E-state index in [2.05, 4.69) is 200 Å². The summed E-state index contributed by atoms with van der Waals surface area (Å²) in [4.78, 5) is 0. The number of benzene rings is 5. The summed E-state index contributed by atoms with van der Waals surface area (Å²) in [6.45, 7) is 8.78. The van der Waals surface area contributed by atoms with Gasteiger partial charge >= 0.3 is 302 Å². The number of nitrogens with zero attached hydrogens (tertiary/aromatic N) is 1. The number of hydrogen-bond donors (Lipinski definition) is 0. The number of rotatable bonds is 7. The first-order valence-electron chi connectivity index (χ1n) is 18.2. The van der Waals surface area contributed by atoms with Gasteiger partial charge in [0.25, 0.3) is 0 Å². The van der Waals surface area contributed by atoms with Crippen molar-refractivity contribution in [2.24, 2.45) is 0 Å². The van der Waals surface area contributed by atoms with Gasteiger partial charge in [0.1, 0.15) is 0 Å². The predicted molar refractivity (Wildman–Crippen MR) is 223 cm³/mol. The van der Waals surface area contributed by atoms with Crippen LogP contribution in [0.4, 0.5) is 0 Å². The second-order valence-electron chi connectivity index (χ2n) is 13.6. The Labute approximate surface area is 319 Å². The third kappa shape index (κ3) is 6.68. The fourth-order valence-corrected chi connectivity index (χ4v) is 13.6. The summed E-state index contributed by atoms with van der Waals surface area (Å²) in [5.74, 6) is 7.54. The topological polar surface area (TPSA) is 4.93 Å². The zero-order valence-electron chi connectivity index (χ0n) is 30.4. The second kappa shape index (κ2) is 15.9. The molecule has 0 saturated heterocycles. The molecule has 0 atom stereocenters. The van der Waals surface area contributed by atoms with Gasteiger partial charge in [-0.1, -0.05) is 12.2 Å². The summed E-state index contributed by atoms with van der Waals surface area (Å²) in [7, 11) is -2.42. The molecule has 0 radical (unpaired) electrons. The first-order chi connectivity index (χ1) is 25.5. The van der Waals surface area contributed by atoms with Crippen LogP contribution in [0.15, 0.2) is 168 Å². The molecular weight excluding hydrogens is 824 g/mol. The van der Waals surface area contributed by atoms with Crippen LogP contribution in [-0.4, -0.2) is 4.57 Å². The van der Waals surface area contributed by atoms with E-state index in [9.17, 15) is 0 Å². The Bertz CT molecular complexity index is 2380. The van der Waals surface area contributed by atoms with Gasteiger partial charge < -0.3 is 0 Å². The summed E-state index contributed by atoms with van der Waals surface area (Å²) in [5, 5.41) is 7.64. The van der Waals surface area contributed by atoms with E-state index in [1.54, 1.807) is 0 Å². The molecular formula is C49H44NOsP+. The molecule has 5 aromatic carbocycles. The Morgan fingerprint density at radius 2 is 1.27 bits per heavy atom. The van der Waals surface area contributed by atoms with Crippen molar-refractivity contribution in [1.29, 1.82) is 0 Å². The standard InChI is InChI=1S/C49H44NP.Os/c1-6-18-38-28-31-46-47-32-29-39(34-49(47)50(36(3)4)48(46)33-38)27-30-41(35-42-20-17-19-40(42)7-2)37(5)51(43-21-11-8-12-22-43,44-23-13-9-14-24-44)45-25-15-10-16-26-45;/h6-16,18,21-26,28-29,31-36H,17,19-20H2,1-4H3;/q+1;/b18-6+,40-7?,41-37?,42-35?;. The molecule has 6 aromatic rings. The van der Waals surface area contributed by atoms with Crippen molar-refractivity contribution in [3.05, 3.63) is 179 Å². The van der Waals surface area contributed by atoms with E-state index in [0.29, 0.717) is 6.04 Å². The molecule has 0 spiro atoms. The van der Waals surface area contributed by atoms with Gasteiger partial charge in [0.2, 0.25) is 0 Å². The number of aromatic nitrogens is 1. The molecule has 0 N–H and O–H groups in total. The number of fused-ring (bicyclic) bond motifs is 3. The van der Waals surface area contributed by atoms with Crippen LogP contribution in [0.25, 0.3) is 27.9 Å². The van der Waals surface area contributed by atoms with Crippen LogP contribution in [-0.2, 0) is 17.9 Å². The predicted octanol–water partition coefficient (Wildman–Crippen LogP) is 11.6.